The lowest BCUT2D eigenvalue weighted by Crippen LogP contribution is -2.40. The smallest absolute Gasteiger partial charge is 0.323 e. The van der Waals surface area contributed by atoms with Crippen LogP contribution < -0.4 is 5.32 Å². The van der Waals surface area contributed by atoms with E-state index < -0.39 is 0 Å². The van der Waals surface area contributed by atoms with Crippen LogP contribution in [0.1, 0.15) is 26.2 Å². The fourth-order valence-electron chi connectivity index (χ4n) is 1.74. The third kappa shape index (κ3) is 3.85. The Balaban J connectivity index is 1.83. The highest BCUT2D eigenvalue weighted by Crippen LogP contribution is 2.20. The summed E-state index contributed by atoms with van der Waals surface area (Å²) < 4.78 is 7.05. The summed E-state index contributed by atoms with van der Waals surface area (Å²) in [6.07, 6.45) is 8.49. The number of nitrogens with one attached hydrogen (secondary N) is 1. The molecule has 1 atom stereocenters. The maximum atomic E-state index is 11.8. The molecule has 1 aliphatic rings. The number of esters is 1. The van der Waals surface area contributed by atoms with Gasteiger partial charge >= 0.3 is 5.97 Å². The maximum absolute atomic E-state index is 11.8. The Morgan fingerprint density at radius 2 is 2.47 bits per heavy atom. The van der Waals surface area contributed by atoms with E-state index in [0.717, 1.165) is 13.0 Å². The molecule has 5 heteroatoms. The van der Waals surface area contributed by atoms with Crippen molar-refractivity contribution in [1.29, 1.82) is 0 Å². The van der Waals surface area contributed by atoms with Crippen LogP contribution in [0, 0.1) is 0 Å². The average molecular weight is 237 g/mol. The molecule has 0 spiro atoms. The average Bonchev–Trinajstić information content (AvgIpc) is 2.98. The van der Waals surface area contributed by atoms with Gasteiger partial charge in [0.25, 0.3) is 0 Å². The van der Waals surface area contributed by atoms with Crippen molar-refractivity contribution in [3.05, 3.63) is 18.7 Å². The molecule has 94 valence electrons. The Bertz CT molecular complexity index is 347. The molecular weight excluding hydrogens is 218 g/mol. The summed E-state index contributed by atoms with van der Waals surface area (Å²) in [5, 5.41) is 3.33. The van der Waals surface area contributed by atoms with Crippen LogP contribution in [0.2, 0.25) is 0 Å². The summed E-state index contributed by atoms with van der Waals surface area (Å²) >= 11 is 0. The minimum atomic E-state index is -0.190. The molecule has 1 unspecified atom stereocenters. The van der Waals surface area contributed by atoms with Crippen LogP contribution in [-0.4, -0.2) is 34.2 Å². The number of aromatic nitrogens is 2. The Labute approximate surface area is 101 Å². The maximum Gasteiger partial charge on any atom is 0.323 e. The van der Waals surface area contributed by atoms with Gasteiger partial charge in [0.05, 0.1) is 12.9 Å². The van der Waals surface area contributed by atoms with Gasteiger partial charge in [0, 0.05) is 25.0 Å². The van der Waals surface area contributed by atoms with Crippen LogP contribution in [0.3, 0.4) is 0 Å². The van der Waals surface area contributed by atoms with E-state index in [1.54, 1.807) is 12.5 Å². The van der Waals surface area contributed by atoms with Gasteiger partial charge in [0.1, 0.15) is 6.04 Å². The molecule has 1 saturated carbocycles. The summed E-state index contributed by atoms with van der Waals surface area (Å²) in [6, 6.07) is 0.317. The number of ether oxygens (including phenoxy) is 1. The van der Waals surface area contributed by atoms with Gasteiger partial charge in [-0.2, -0.15) is 0 Å². The van der Waals surface area contributed by atoms with Gasteiger partial charge in [-0.3, -0.25) is 4.79 Å². The van der Waals surface area contributed by atoms with Gasteiger partial charge in [0.15, 0.2) is 0 Å². The number of rotatable bonds is 7. The molecule has 1 heterocycles. The van der Waals surface area contributed by atoms with Crippen molar-refractivity contribution >= 4 is 5.97 Å². The van der Waals surface area contributed by atoms with Crippen LogP contribution in [0.25, 0.3) is 0 Å². The second-order valence-corrected chi connectivity index (χ2v) is 4.33. The van der Waals surface area contributed by atoms with Crippen LogP contribution in [0.15, 0.2) is 18.7 Å². The zero-order valence-electron chi connectivity index (χ0n) is 10.1. The van der Waals surface area contributed by atoms with Gasteiger partial charge in [-0.25, -0.2) is 4.98 Å². The van der Waals surface area contributed by atoms with E-state index in [2.05, 4.69) is 10.3 Å². The van der Waals surface area contributed by atoms with Gasteiger partial charge in [-0.1, -0.05) is 0 Å². The van der Waals surface area contributed by atoms with E-state index in [-0.39, 0.29) is 12.0 Å². The van der Waals surface area contributed by atoms with E-state index in [1.807, 2.05) is 17.7 Å². The molecule has 1 fully saturated rings. The van der Waals surface area contributed by atoms with Crippen molar-refractivity contribution in [2.45, 2.75) is 44.8 Å². The number of imidazole rings is 1. The number of hydrogen-bond acceptors (Lipinski definition) is 4. The Kier molecular flexibility index (Phi) is 4.14. The Morgan fingerprint density at radius 3 is 3.06 bits per heavy atom. The summed E-state index contributed by atoms with van der Waals surface area (Å²) in [6.45, 7) is 3.05. The van der Waals surface area contributed by atoms with Crippen LogP contribution in [-0.2, 0) is 16.1 Å². The monoisotopic (exact) mass is 237 g/mol. The van der Waals surface area contributed by atoms with Gasteiger partial charge in [-0.15, -0.1) is 0 Å². The van der Waals surface area contributed by atoms with Crippen LogP contribution >= 0.6 is 0 Å². The lowest BCUT2D eigenvalue weighted by molar-refractivity contribution is -0.146. The molecule has 1 aromatic rings. The Hall–Kier alpha value is -1.36. The first-order valence-electron chi connectivity index (χ1n) is 6.18. The lowest BCUT2D eigenvalue weighted by Gasteiger charge is -2.17. The van der Waals surface area contributed by atoms with E-state index >= 15 is 0 Å². The van der Waals surface area contributed by atoms with E-state index in [0.29, 0.717) is 12.6 Å². The largest absolute Gasteiger partial charge is 0.465 e. The number of nitrogens with zero attached hydrogens (tertiary/aromatic N) is 2. The van der Waals surface area contributed by atoms with Crippen molar-refractivity contribution in [2.24, 2.45) is 0 Å². The topological polar surface area (TPSA) is 56.2 Å². The quantitative estimate of drug-likeness (QED) is 0.718. The van der Waals surface area contributed by atoms with Crippen molar-refractivity contribution < 1.29 is 9.53 Å². The van der Waals surface area contributed by atoms with Gasteiger partial charge in [0.2, 0.25) is 0 Å². The molecule has 1 aliphatic carbocycles. The van der Waals surface area contributed by atoms with Crippen molar-refractivity contribution in [2.75, 3.05) is 6.61 Å². The number of carbonyl (C=O) groups excluding carboxylic acids is 1. The summed E-state index contributed by atoms with van der Waals surface area (Å²) in [7, 11) is 0. The molecule has 0 aliphatic heterocycles. The molecule has 1 N–H and O–H groups in total. The molecular formula is C12H19N3O2. The number of carbonyl (C=O) groups is 1. The van der Waals surface area contributed by atoms with Gasteiger partial charge < -0.3 is 14.6 Å². The fraction of sp³-hybridized carbons (Fsp3) is 0.667. The third-order valence-corrected chi connectivity index (χ3v) is 2.82. The summed E-state index contributed by atoms with van der Waals surface area (Å²) in [4.78, 5) is 15.7. The number of hydrogen-bond donors (Lipinski definition) is 1. The first-order chi connectivity index (χ1) is 8.29. The predicted octanol–water partition coefficient (Wildman–Crippen LogP) is 0.957. The Morgan fingerprint density at radius 1 is 1.65 bits per heavy atom. The molecule has 2 rings (SSSR count). The standard InChI is InChI=1S/C12H19N3O2/c1-2-17-12(16)11(14-10-3-4-10)5-7-15-8-6-13-9-15/h6,8-11,14H,2-5,7H2,1H3. The fourth-order valence-corrected chi connectivity index (χ4v) is 1.74. The molecule has 0 aromatic carbocycles. The SMILES string of the molecule is CCOC(=O)C(CCn1ccnc1)NC1CC1. The summed E-state index contributed by atoms with van der Waals surface area (Å²) in [5.74, 6) is -0.139. The van der Waals surface area contributed by atoms with E-state index in [4.69, 9.17) is 4.74 Å². The van der Waals surface area contributed by atoms with Crippen LogP contribution in [0.4, 0.5) is 0 Å². The first kappa shape index (κ1) is 12.1. The second kappa shape index (κ2) is 5.82. The van der Waals surface area contributed by atoms with Crippen molar-refractivity contribution in [3.8, 4) is 0 Å². The molecule has 17 heavy (non-hydrogen) atoms. The van der Waals surface area contributed by atoms with Crippen molar-refractivity contribution in [1.82, 2.24) is 14.9 Å². The minimum Gasteiger partial charge on any atom is -0.465 e. The summed E-state index contributed by atoms with van der Waals surface area (Å²) in [5.41, 5.74) is 0. The minimum absolute atomic E-state index is 0.139. The van der Waals surface area contributed by atoms with E-state index in [9.17, 15) is 4.79 Å². The highest BCUT2D eigenvalue weighted by Gasteiger charge is 2.28. The molecule has 0 bridgehead atoms. The molecule has 1 aromatic heterocycles. The lowest BCUT2D eigenvalue weighted by atomic mass is 10.2. The normalized spacial score (nSPS) is 16.8. The molecule has 5 nitrogen and oxygen atoms in total. The van der Waals surface area contributed by atoms with Crippen molar-refractivity contribution in [3.63, 3.8) is 0 Å². The zero-order valence-corrected chi connectivity index (χ0v) is 10.1. The highest BCUT2D eigenvalue weighted by molar-refractivity contribution is 5.75. The van der Waals surface area contributed by atoms with E-state index in [1.165, 1.54) is 12.8 Å². The first-order valence-corrected chi connectivity index (χ1v) is 6.18. The zero-order chi connectivity index (χ0) is 12.1. The number of aryl methyl sites for hydroxylation is 1. The molecule has 0 radical (unpaired) electrons. The second-order valence-electron chi connectivity index (χ2n) is 4.33. The molecule has 0 amide bonds. The third-order valence-electron chi connectivity index (χ3n) is 2.82. The predicted molar refractivity (Wildman–Crippen MR) is 63.4 cm³/mol. The molecule has 0 saturated heterocycles. The van der Waals surface area contributed by atoms with Crippen LogP contribution in [0.5, 0.6) is 0 Å². The highest BCUT2D eigenvalue weighted by atomic mass is 16.5. The van der Waals surface area contributed by atoms with Gasteiger partial charge in [-0.05, 0) is 26.2 Å².